The zero-order valence-electron chi connectivity index (χ0n) is 18.7. The van der Waals surface area contributed by atoms with Gasteiger partial charge in [0.25, 0.3) is 0 Å². The van der Waals surface area contributed by atoms with E-state index < -0.39 is 5.97 Å². The molecule has 3 heterocycles. The Balaban J connectivity index is 1.60. The highest BCUT2D eigenvalue weighted by Crippen LogP contribution is 2.43. The number of carboxylic acid groups (broad SMARTS) is 1. The van der Waals surface area contributed by atoms with E-state index in [1.165, 1.54) is 11.1 Å². The normalized spacial score (nSPS) is 17.6. The topological polar surface area (TPSA) is 78.6 Å². The minimum absolute atomic E-state index is 0.210. The van der Waals surface area contributed by atoms with Gasteiger partial charge >= 0.3 is 5.97 Å². The van der Waals surface area contributed by atoms with Gasteiger partial charge in [0.15, 0.2) is 5.11 Å². The van der Waals surface area contributed by atoms with Crippen molar-refractivity contribution in [1.82, 2.24) is 10.3 Å². The van der Waals surface area contributed by atoms with Crippen molar-refractivity contribution in [2.24, 2.45) is 0 Å². The number of aromatic carboxylic acids is 1. The number of anilines is 1. The summed E-state index contributed by atoms with van der Waals surface area (Å²) in [6, 6.07) is 22.1. The highest BCUT2D eigenvalue weighted by Gasteiger charge is 2.42. The molecule has 1 aliphatic heterocycles. The van der Waals surface area contributed by atoms with Crippen LogP contribution in [0.3, 0.4) is 0 Å². The summed E-state index contributed by atoms with van der Waals surface area (Å²) in [5.74, 6) is 0.322. The Labute approximate surface area is 202 Å². The summed E-state index contributed by atoms with van der Waals surface area (Å²) in [5.41, 5.74) is 5.11. The standard InChI is InChI=1S/C27H23N3O3S/c1-16-9-10-20(14-17(16)2)30-25(24(29-27(30)34)21-8-3-4-13-28-21)23-12-11-22(33-23)18-6-5-7-19(15-18)26(31)32/h3-15,24-25H,1-2H3,(H,29,34)(H,31,32)/t24-,25+/m0/s1. The van der Waals surface area contributed by atoms with Crippen LogP contribution in [0.25, 0.3) is 11.3 Å². The third kappa shape index (κ3) is 3.95. The van der Waals surface area contributed by atoms with E-state index in [0.717, 1.165) is 11.4 Å². The summed E-state index contributed by atoms with van der Waals surface area (Å²) in [7, 11) is 0. The van der Waals surface area contributed by atoms with Crippen molar-refractivity contribution in [3.8, 4) is 11.3 Å². The molecule has 0 aliphatic carbocycles. The van der Waals surface area contributed by atoms with Gasteiger partial charge in [-0.2, -0.15) is 0 Å². The fourth-order valence-corrected chi connectivity index (χ4v) is 4.62. The number of aryl methyl sites for hydroxylation is 2. The van der Waals surface area contributed by atoms with E-state index in [0.29, 0.717) is 22.2 Å². The lowest BCUT2D eigenvalue weighted by Gasteiger charge is -2.26. The molecule has 7 heteroatoms. The quantitative estimate of drug-likeness (QED) is 0.356. The molecule has 1 fully saturated rings. The molecule has 1 aliphatic rings. The number of furan rings is 1. The van der Waals surface area contributed by atoms with E-state index in [-0.39, 0.29) is 17.6 Å². The van der Waals surface area contributed by atoms with Crippen molar-refractivity contribution < 1.29 is 14.3 Å². The fraction of sp³-hybridized carbons (Fsp3) is 0.148. The first-order chi connectivity index (χ1) is 16.4. The van der Waals surface area contributed by atoms with Gasteiger partial charge in [-0.1, -0.05) is 24.3 Å². The van der Waals surface area contributed by atoms with Crippen LogP contribution in [0.2, 0.25) is 0 Å². The number of benzene rings is 2. The van der Waals surface area contributed by atoms with E-state index in [1.807, 2.05) is 36.4 Å². The number of aromatic nitrogens is 1. The predicted octanol–water partition coefficient (Wildman–Crippen LogP) is 5.83. The number of carboxylic acids is 1. The van der Waals surface area contributed by atoms with E-state index in [2.05, 4.69) is 47.2 Å². The van der Waals surface area contributed by atoms with Gasteiger partial charge in [-0.05, 0) is 85.7 Å². The summed E-state index contributed by atoms with van der Waals surface area (Å²) < 4.78 is 6.33. The van der Waals surface area contributed by atoms with Crippen LogP contribution >= 0.6 is 12.2 Å². The fourth-order valence-electron chi connectivity index (χ4n) is 4.27. The molecule has 6 nitrogen and oxygen atoms in total. The Morgan fingerprint density at radius 2 is 1.88 bits per heavy atom. The van der Waals surface area contributed by atoms with E-state index in [9.17, 15) is 9.90 Å². The zero-order chi connectivity index (χ0) is 23.8. The SMILES string of the molecule is Cc1ccc(N2C(=S)N[C@@H](c3ccccn3)[C@H]2c2ccc(-c3cccc(C(=O)O)c3)o2)cc1C. The molecule has 0 radical (unpaired) electrons. The number of nitrogens with one attached hydrogen (secondary N) is 1. The first kappa shape index (κ1) is 21.9. The van der Waals surface area contributed by atoms with Crippen molar-refractivity contribution in [2.45, 2.75) is 25.9 Å². The Morgan fingerprint density at radius 3 is 2.62 bits per heavy atom. The number of nitrogens with zero attached hydrogens (tertiary/aromatic N) is 2. The highest BCUT2D eigenvalue weighted by atomic mass is 32.1. The molecule has 0 saturated carbocycles. The van der Waals surface area contributed by atoms with Crippen LogP contribution in [-0.2, 0) is 0 Å². The van der Waals surface area contributed by atoms with E-state index in [1.54, 1.807) is 24.4 Å². The van der Waals surface area contributed by atoms with Crippen LogP contribution in [0.1, 0.15) is 45.0 Å². The number of pyridine rings is 1. The largest absolute Gasteiger partial charge is 0.478 e. The number of hydrogen-bond acceptors (Lipinski definition) is 4. The lowest BCUT2D eigenvalue weighted by molar-refractivity contribution is 0.0697. The molecule has 2 N–H and O–H groups in total. The van der Waals surface area contributed by atoms with Crippen molar-refractivity contribution in [3.05, 3.63) is 107 Å². The second kappa shape index (κ2) is 8.76. The first-order valence-electron chi connectivity index (χ1n) is 10.9. The smallest absolute Gasteiger partial charge is 0.335 e. The van der Waals surface area contributed by atoms with Gasteiger partial charge in [-0.15, -0.1) is 0 Å². The molecule has 4 aromatic rings. The third-order valence-electron chi connectivity index (χ3n) is 6.18. The lowest BCUT2D eigenvalue weighted by Crippen LogP contribution is -2.29. The van der Waals surface area contributed by atoms with Crippen molar-refractivity contribution in [2.75, 3.05) is 4.90 Å². The number of thiocarbonyl (C=S) groups is 1. The summed E-state index contributed by atoms with van der Waals surface area (Å²) in [4.78, 5) is 18.1. The molecule has 0 spiro atoms. The van der Waals surface area contributed by atoms with Crippen LogP contribution in [-0.4, -0.2) is 21.2 Å². The molecule has 0 bridgehead atoms. The van der Waals surface area contributed by atoms with Crippen LogP contribution in [0.4, 0.5) is 5.69 Å². The second-order valence-corrected chi connectivity index (χ2v) is 8.74. The second-order valence-electron chi connectivity index (χ2n) is 8.35. The predicted molar refractivity (Wildman–Crippen MR) is 135 cm³/mol. The highest BCUT2D eigenvalue weighted by molar-refractivity contribution is 7.80. The van der Waals surface area contributed by atoms with Crippen LogP contribution in [0.5, 0.6) is 0 Å². The third-order valence-corrected chi connectivity index (χ3v) is 6.49. The Bertz CT molecular complexity index is 1380. The Morgan fingerprint density at radius 1 is 1.03 bits per heavy atom. The summed E-state index contributed by atoms with van der Waals surface area (Å²) in [6.45, 7) is 4.16. The van der Waals surface area contributed by atoms with Gasteiger partial charge < -0.3 is 19.7 Å². The Hall–Kier alpha value is -3.97. The molecule has 170 valence electrons. The first-order valence-corrected chi connectivity index (χ1v) is 11.3. The summed E-state index contributed by atoms with van der Waals surface area (Å²) in [6.07, 6.45) is 1.76. The summed E-state index contributed by atoms with van der Waals surface area (Å²) in [5, 5.41) is 13.4. The maximum atomic E-state index is 11.4. The van der Waals surface area contributed by atoms with Crippen LogP contribution in [0.15, 0.2) is 83.4 Å². The number of carbonyl (C=O) groups is 1. The van der Waals surface area contributed by atoms with Gasteiger partial charge in [-0.3, -0.25) is 4.98 Å². The van der Waals surface area contributed by atoms with E-state index in [4.69, 9.17) is 16.6 Å². The molecule has 2 aromatic heterocycles. The van der Waals surface area contributed by atoms with E-state index >= 15 is 0 Å². The minimum Gasteiger partial charge on any atom is -0.478 e. The molecule has 2 atom stereocenters. The molecular weight excluding hydrogens is 446 g/mol. The van der Waals surface area contributed by atoms with Gasteiger partial charge in [0.05, 0.1) is 17.3 Å². The number of rotatable bonds is 5. The van der Waals surface area contributed by atoms with Crippen molar-refractivity contribution in [3.63, 3.8) is 0 Å². The Kier molecular flexibility index (Phi) is 5.63. The molecule has 5 rings (SSSR count). The van der Waals surface area contributed by atoms with Crippen molar-refractivity contribution >= 4 is 29.0 Å². The van der Waals surface area contributed by atoms with Gasteiger partial charge in [0.1, 0.15) is 17.6 Å². The van der Waals surface area contributed by atoms with Gasteiger partial charge in [0.2, 0.25) is 0 Å². The lowest BCUT2D eigenvalue weighted by atomic mass is 10.0. The zero-order valence-corrected chi connectivity index (χ0v) is 19.5. The molecule has 0 unspecified atom stereocenters. The molecule has 1 saturated heterocycles. The molecular formula is C27H23N3O3S. The van der Waals surface area contributed by atoms with Crippen LogP contribution in [0, 0.1) is 13.8 Å². The minimum atomic E-state index is -0.977. The monoisotopic (exact) mass is 469 g/mol. The van der Waals surface area contributed by atoms with Crippen LogP contribution < -0.4 is 10.2 Å². The molecule has 34 heavy (non-hydrogen) atoms. The van der Waals surface area contributed by atoms with Gasteiger partial charge in [0, 0.05) is 17.4 Å². The number of hydrogen-bond donors (Lipinski definition) is 2. The average Bonchev–Trinajstić information content (AvgIpc) is 3.46. The van der Waals surface area contributed by atoms with Gasteiger partial charge in [-0.25, -0.2) is 4.79 Å². The maximum absolute atomic E-state index is 11.4. The van der Waals surface area contributed by atoms with Crippen molar-refractivity contribution in [1.29, 1.82) is 0 Å². The average molecular weight is 470 g/mol. The molecule has 0 amide bonds. The summed E-state index contributed by atoms with van der Waals surface area (Å²) >= 11 is 5.78. The maximum Gasteiger partial charge on any atom is 0.335 e. The molecule has 2 aromatic carbocycles.